The standard InChI is InChI=1S/C7H11BN2S/c1-10-3-2-5-6(4-10)11-7(8)9-5/h5-6H,2-4H2,1H3. The zero-order valence-corrected chi connectivity index (χ0v) is 7.47. The molecule has 0 aliphatic carbocycles. The smallest absolute Gasteiger partial charge is 0.150 e. The number of fused-ring (bicyclic) bond motifs is 1. The van der Waals surface area contributed by atoms with Crippen LogP contribution in [0.25, 0.3) is 0 Å². The predicted molar refractivity (Wildman–Crippen MR) is 50.5 cm³/mol. The van der Waals surface area contributed by atoms with E-state index in [0.29, 0.717) is 11.3 Å². The van der Waals surface area contributed by atoms with Gasteiger partial charge in [0.05, 0.1) is 6.04 Å². The van der Waals surface area contributed by atoms with Crippen LogP contribution in [0.15, 0.2) is 4.99 Å². The SMILES string of the molecule is [B]C1=NC2CCN(C)CC2S1. The van der Waals surface area contributed by atoms with Gasteiger partial charge in [-0.25, -0.2) is 0 Å². The summed E-state index contributed by atoms with van der Waals surface area (Å²) >= 11 is 1.74. The largest absolute Gasteiger partial charge is 0.305 e. The third-order valence-corrected chi connectivity index (χ3v) is 3.41. The van der Waals surface area contributed by atoms with Gasteiger partial charge in [0.2, 0.25) is 0 Å². The van der Waals surface area contributed by atoms with E-state index in [0.717, 1.165) is 11.5 Å². The van der Waals surface area contributed by atoms with Gasteiger partial charge in [-0.1, -0.05) is 0 Å². The van der Waals surface area contributed by atoms with Crippen LogP contribution in [0.3, 0.4) is 0 Å². The lowest BCUT2D eigenvalue weighted by Crippen LogP contribution is -2.40. The monoisotopic (exact) mass is 166 g/mol. The van der Waals surface area contributed by atoms with Crippen LogP contribution in [0.2, 0.25) is 0 Å². The number of aliphatic imine (C=N–C) groups is 1. The highest BCUT2D eigenvalue weighted by Gasteiger charge is 2.32. The zero-order valence-electron chi connectivity index (χ0n) is 6.66. The molecular weight excluding hydrogens is 155 g/mol. The zero-order chi connectivity index (χ0) is 7.84. The first-order chi connectivity index (χ1) is 5.25. The summed E-state index contributed by atoms with van der Waals surface area (Å²) in [7, 11) is 7.79. The Bertz CT molecular complexity index is 195. The summed E-state index contributed by atoms with van der Waals surface area (Å²) in [5.74, 6) is 0. The molecule has 2 atom stereocenters. The van der Waals surface area contributed by atoms with Crippen LogP contribution in [0.1, 0.15) is 6.42 Å². The third-order valence-electron chi connectivity index (χ3n) is 2.29. The summed E-state index contributed by atoms with van der Waals surface area (Å²) in [6.07, 6.45) is 1.18. The predicted octanol–water partition coefficient (Wildman–Crippen LogP) is 0.330. The van der Waals surface area contributed by atoms with Gasteiger partial charge in [-0.2, -0.15) is 0 Å². The molecule has 0 spiro atoms. The molecule has 2 rings (SSSR count). The Balaban J connectivity index is 2.03. The molecule has 4 heteroatoms. The van der Waals surface area contributed by atoms with E-state index >= 15 is 0 Å². The first-order valence-electron chi connectivity index (χ1n) is 3.94. The average Bonchev–Trinajstić information content (AvgIpc) is 2.27. The van der Waals surface area contributed by atoms with Gasteiger partial charge in [0.25, 0.3) is 0 Å². The highest BCUT2D eigenvalue weighted by atomic mass is 32.2. The number of piperidine rings is 1. The Morgan fingerprint density at radius 1 is 1.73 bits per heavy atom. The van der Waals surface area contributed by atoms with E-state index in [1.807, 2.05) is 0 Å². The first-order valence-corrected chi connectivity index (χ1v) is 4.82. The molecule has 0 N–H and O–H groups in total. The number of likely N-dealkylation sites (tertiary alicyclic amines) is 1. The van der Waals surface area contributed by atoms with E-state index in [-0.39, 0.29) is 0 Å². The van der Waals surface area contributed by atoms with Crippen LogP contribution < -0.4 is 0 Å². The molecule has 0 amide bonds. The van der Waals surface area contributed by atoms with E-state index in [1.54, 1.807) is 11.8 Å². The molecule has 2 aliphatic rings. The first kappa shape index (κ1) is 7.68. The van der Waals surface area contributed by atoms with Gasteiger partial charge in [0.15, 0.2) is 7.85 Å². The molecule has 1 saturated heterocycles. The Morgan fingerprint density at radius 3 is 3.36 bits per heavy atom. The minimum absolute atomic E-state index is 0.510. The lowest BCUT2D eigenvalue weighted by molar-refractivity contribution is 0.266. The molecule has 1 fully saturated rings. The van der Waals surface area contributed by atoms with E-state index in [9.17, 15) is 0 Å². The highest BCUT2D eigenvalue weighted by Crippen LogP contribution is 2.30. The fourth-order valence-corrected chi connectivity index (χ4v) is 2.86. The van der Waals surface area contributed by atoms with Gasteiger partial charge in [0, 0.05) is 16.7 Å². The maximum atomic E-state index is 5.63. The van der Waals surface area contributed by atoms with Gasteiger partial charge in [-0.3, -0.25) is 4.99 Å². The van der Waals surface area contributed by atoms with Crippen LogP contribution in [-0.4, -0.2) is 49.1 Å². The van der Waals surface area contributed by atoms with Crippen molar-refractivity contribution >= 4 is 24.6 Å². The summed E-state index contributed by atoms with van der Waals surface area (Å²) in [6, 6.07) is 0.510. The van der Waals surface area contributed by atoms with Crippen molar-refractivity contribution in [2.45, 2.75) is 17.7 Å². The molecule has 2 unspecified atom stereocenters. The molecule has 2 aliphatic heterocycles. The van der Waals surface area contributed by atoms with Gasteiger partial charge < -0.3 is 4.90 Å². The lowest BCUT2D eigenvalue weighted by Gasteiger charge is -2.30. The molecule has 0 aromatic carbocycles. The number of rotatable bonds is 0. The molecular formula is C7H11BN2S. The van der Waals surface area contributed by atoms with Crippen molar-refractivity contribution in [2.24, 2.45) is 4.99 Å². The van der Waals surface area contributed by atoms with Gasteiger partial charge in [-0.05, 0) is 20.0 Å². The number of nitrogens with zero attached hydrogens (tertiary/aromatic N) is 2. The van der Waals surface area contributed by atoms with Gasteiger partial charge in [0.1, 0.15) is 0 Å². The third kappa shape index (κ3) is 1.47. The molecule has 2 radical (unpaired) electrons. The van der Waals surface area contributed by atoms with Crippen molar-refractivity contribution < 1.29 is 0 Å². The van der Waals surface area contributed by atoms with Crippen LogP contribution in [0.5, 0.6) is 0 Å². The number of hydrogen-bond acceptors (Lipinski definition) is 3. The van der Waals surface area contributed by atoms with Crippen LogP contribution in [0.4, 0.5) is 0 Å². The minimum atomic E-state index is 0.510. The molecule has 2 nitrogen and oxygen atoms in total. The van der Waals surface area contributed by atoms with Crippen LogP contribution in [0, 0.1) is 0 Å². The van der Waals surface area contributed by atoms with Crippen LogP contribution >= 0.6 is 11.8 Å². The molecule has 2 heterocycles. The second kappa shape index (κ2) is 2.83. The van der Waals surface area contributed by atoms with Crippen molar-refractivity contribution in [1.82, 2.24) is 4.90 Å². The topological polar surface area (TPSA) is 15.6 Å². The molecule has 58 valence electrons. The average molecular weight is 166 g/mol. The summed E-state index contributed by atoms with van der Waals surface area (Å²) in [6.45, 7) is 2.30. The van der Waals surface area contributed by atoms with Crippen molar-refractivity contribution in [3.63, 3.8) is 0 Å². The quantitative estimate of drug-likeness (QED) is 0.482. The van der Waals surface area contributed by atoms with Crippen molar-refractivity contribution in [3.8, 4) is 0 Å². The Kier molecular flexibility index (Phi) is 1.98. The summed E-state index contributed by atoms with van der Waals surface area (Å²) in [4.78, 5) is 7.51. The summed E-state index contributed by atoms with van der Waals surface area (Å²) in [5, 5.41) is 0.633. The van der Waals surface area contributed by atoms with E-state index in [4.69, 9.17) is 7.85 Å². The summed E-state index contributed by atoms with van der Waals surface area (Å²) in [5.41, 5.74) is 0. The normalized spacial score (nSPS) is 38.5. The highest BCUT2D eigenvalue weighted by molar-refractivity contribution is 8.17. The van der Waals surface area contributed by atoms with Crippen molar-refractivity contribution in [3.05, 3.63) is 0 Å². The number of hydrogen-bond donors (Lipinski definition) is 0. The van der Waals surface area contributed by atoms with E-state index in [2.05, 4.69) is 16.9 Å². The van der Waals surface area contributed by atoms with Crippen LogP contribution in [-0.2, 0) is 0 Å². The lowest BCUT2D eigenvalue weighted by atomic mass is 10.1. The minimum Gasteiger partial charge on any atom is -0.305 e. The molecule has 0 bridgehead atoms. The van der Waals surface area contributed by atoms with E-state index < -0.39 is 0 Å². The number of thioether (sulfide) groups is 1. The molecule has 0 saturated carbocycles. The Hall–Kier alpha value is 0.0449. The molecule has 0 aromatic heterocycles. The van der Waals surface area contributed by atoms with Crippen molar-refractivity contribution in [2.75, 3.05) is 20.1 Å². The summed E-state index contributed by atoms with van der Waals surface area (Å²) < 4.78 is 0. The molecule has 0 aromatic rings. The maximum absolute atomic E-state index is 5.63. The Morgan fingerprint density at radius 2 is 2.55 bits per heavy atom. The van der Waals surface area contributed by atoms with Gasteiger partial charge in [-0.15, -0.1) is 11.8 Å². The van der Waals surface area contributed by atoms with Crippen molar-refractivity contribution in [1.29, 1.82) is 0 Å². The Labute approximate surface area is 72.8 Å². The molecule has 11 heavy (non-hydrogen) atoms. The fraction of sp³-hybridized carbons (Fsp3) is 0.857. The second-order valence-corrected chi connectivity index (χ2v) is 4.50. The van der Waals surface area contributed by atoms with E-state index in [1.165, 1.54) is 13.0 Å². The second-order valence-electron chi connectivity index (χ2n) is 3.24. The van der Waals surface area contributed by atoms with Gasteiger partial charge >= 0.3 is 0 Å². The fourth-order valence-electron chi connectivity index (χ4n) is 1.67. The maximum Gasteiger partial charge on any atom is 0.150 e.